The molecule has 0 aromatic carbocycles. The highest BCUT2D eigenvalue weighted by molar-refractivity contribution is 7.44. The van der Waals surface area contributed by atoms with E-state index >= 15 is 0 Å². The summed E-state index contributed by atoms with van der Waals surface area (Å²) in [5.41, 5.74) is 0. The van der Waals surface area contributed by atoms with Crippen LogP contribution in [0.1, 0.15) is 129 Å². The fourth-order valence-electron chi connectivity index (χ4n) is 4.30. The van der Waals surface area contributed by atoms with Crippen molar-refractivity contribution in [2.75, 3.05) is 27.7 Å². The van der Waals surface area contributed by atoms with Crippen molar-refractivity contribution < 1.29 is 23.4 Å². The third-order valence-corrected chi connectivity index (χ3v) is 6.64. The Bertz CT molecular complexity index is 499. The second kappa shape index (κ2) is 21.1. The van der Waals surface area contributed by atoms with Crippen LogP contribution in [0.25, 0.3) is 0 Å². The molecular formula is C27H56NO4P. The predicted octanol–water partition coefficient (Wildman–Crippen LogP) is 7.53. The minimum absolute atomic E-state index is 0.441. The number of likely N-dealkylation sites (N-methyl/N-ethyl adjacent to an activating group) is 1. The Kier molecular flexibility index (Phi) is 21.0. The fraction of sp³-hybridized carbons (Fsp3) is 0.926. The number of phosphoric ester groups is 1. The van der Waals surface area contributed by atoms with Gasteiger partial charge in [-0.3, -0.25) is 4.57 Å². The molecule has 0 aromatic rings. The number of nitrogens with zero attached hydrogens (tertiary/aromatic N) is 1. The van der Waals surface area contributed by atoms with E-state index in [0.29, 0.717) is 17.4 Å². The smallest absolute Gasteiger partial charge is 0.265 e. The van der Waals surface area contributed by atoms with Crippen molar-refractivity contribution in [1.82, 2.24) is 0 Å². The van der Waals surface area contributed by atoms with Crippen molar-refractivity contribution in [3.63, 3.8) is 0 Å². The number of rotatable bonds is 24. The lowest BCUT2D eigenvalue weighted by Gasteiger charge is -2.31. The monoisotopic (exact) mass is 489 g/mol. The zero-order valence-corrected chi connectivity index (χ0v) is 23.3. The van der Waals surface area contributed by atoms with Crippen LogP contribution in [0, 0.1) is 0 Å². The molecule has 0 heterocycles. The van der Waals surface area contributed by atoms with Gasteiger partial charge in [0.05, 0.1) is 21.1 Å². The van der Waals surface area contributed by atoms with Gasteiger partial charge in [0.1, 0.15) is 12.6 Å². The van der Waals surface area contributed by atoms with Crippen LogP contribution >= 0.6 is 7.82 Å². The first-order valence-electron chi connectivity index (χ1n) is 13.8. The van der Waals surface area contributed by atoms with Gasteiger partial charge in [-0.05, 0) is 32.1 Å². The zero-order valence-electron chi connectivity index (χ0n) is 22.4. The van der Waals surface area contributed by atoms with E-state index in [1.54, 1.807) is 0 Å². The molecule has 0 rings (SSSR count). The molecule has 0 aromatic heterocycles. The number of hydrogen-bond acceptors (Lipinski definition) is 3. The second-order valence-electron chi connectivity index (χ2n) is 10.8. The van der Waals surface area contributed by atoms with Crippen molar-refractivity contribution in [2.24, 2.45) is 0 Å². The maximum absolute atomic E-state index is 11.1. The van der Waals surface area contributed by atoms with Gasteiger partial charge in [-0.15, -0.1) is 0 Å². The van der Waals surface area contributed by atoms with Crippen molar-refractivity contribution in [3.05, 3.63) is 12.2 Å². The predicted molar refractivity (Wildman–Crippen MR) is 140 cm³/mol. The Morgan fingerprint density at radius 2 is 1.15 bits per heavy atom. The van der Waals surface area contributed by atoms with Crippen LogP contribution in [-0.4, -0.2) is 43.2 Å². The molecule has 0 bridgehead atoms. The quantitative estimate of drug-likeness (QED) is 0.0658. The lowest BCUT2D eigenvalue weighted by molar-refractivity contribution is -0.873. The van der Waals surface area contributed by atoms with E-state index in [1.165, 1.54) is 103 Å². The van der Waals surface area contributed by atoms with E-state index in [-0.39, 0.29) is 0 Å². The van der Waals surface area contributed by atoms with Crippen LogP contribution in [-0.2, 0) is 9.09 Å². The van der Waals surface area contributed by atoms with E-state index in [2.05, 4.69) is 19.1 Å². The molecular weight excluding hydrogens is 433 g/mol. The summed E-state index contributed by atoms with van der Waals surface area (Å²) in [6, 6.07) is 0. The minimum atomic E-state index is -4.67. The van der Waals surface area contributed by atoms with Crippen LogP contribution in [0.15, 0.2) is 12.2 Å². The summed E-state index contributed by atoms with van der Waals surface area (Å²) in [6.07, 6.45) is 28.3. The Morgan fingerprint density at radius 1 is 0.758 bits per heavy atom. The molecule has 5 nitrogen and oxygen atoms in total. The van der Waals surface area contributed by atoms with Gasteiger partial charge in [0.2, 0.25) is 0 Å². The number of quaternary nitrogens is 1. The lowest BCUT2D eigenvalue weighted by Crippen LogP contribution is -2.42. The Hall–Kier alpha value is -0.190. The maximum atomic E-state index is 11.1. The van der Waals surface area contributed by atoms with Gasteiger partial charge in [0, 0.05) is 0 Å². The molecule has 33 heavy (non-hydrogen) atoms. The molecule has 0 fully saturated rings. The molecule has 0 aliphatic carbocycles. The fourth-order valence-corrected chi connectivity index (χ4v) is 4.85. The lowest BCUT2D eigenvalue weighted by atomic mass is 10.0. The van der Waals surface area contributed by atoms with E-state index in [9.17, 15) is 9.46 Å². The van der Waals surface area contributed by atoms with Gasteiger partial charge in [0.15, 0.2) is 0 Å². The topological polar surface area (TPSA) is 69.6 Å². The maximum Gasteiger partial charge on any atom is 0.265 e. The number of unbranched alkanes of at least 4 members (excludes halogenated alkanes) is 16. The first-order valence-corrected chi connectivity index (χ1v) is 15.3. The van der Waals surface area contributed by atoms with Gasteiger partial charge >= 0.3 is 0 Å². The molecule has 198 valence electrons. The summed E-state index contributed by atoms with van der Waals surface area (Å²) in [4.78, 5) is 20.1. The summed E-state index contributed by atoms with van der Waals surface area (Å²) >= 11 is 0. The van der Waals surface area contributed by atoms with Crippen LogP contribution in [0.2, 0.25) is 0 Å². The number of phosphoric acid groups is 1. The average Bonchev–Trinajstić information content (AvgIpc) is 2.70. The largest absolute Gasteiger partial charge is 0.756 e. The summed E-state index contributed by atoms with van der Waals surface area (Å²) in [6.45, 7) is 2.84. The molecule has 6 heteroatoms. The summed E-state index contributed by atoms with van der Waals surface area (Å²) < 4.78 is 16.6. The third kappa shape index (κ3) is 27.9. The van der Waals surface area contributed by atoms with Crippen LogP contribution in [0.4, 0.5) is 0 Å². The van der Waals surface area contributed by atoms with Gasteiger partial charge in [0.25, 0.3) is 7.82 Å². The van der Waals surface area contributed by atoms with Crippen LogP contribution in [0.3, 0.4) is 0 Å². The molecule has 0 radical (unpaired) electrons. The highest BCUT2D eigenvalue weighted by Crippen LogP contribution is 2.34. The van der Waals surface area contributed by atoms with Gasteiger partial charge in [-0.1, -0.05) is 109 Å². The third-order valence-electron chi connectivity index (χ3n) is 6.07. The van der Waals surface area contributed by atoms with Crippen molar-refractivity contribution >= 4 is 7.82 Å². The highest BCUT2D eigenvalue weighted by atomic mass is 31.2. The van der Waals surface area contributed by atoms with Gasteiger partial charge < -0.3 is 18.8 Å². The SMILES string of the molecule is CCCCCCCC/C=C\CCCCCCCCCCCCC(C[N+](C)(C)C)OP(=O)([O-])O. The van der Waals surface area contributed by atoms with E-state index in [0.717, 1.165) is 12.8 Å². The standard InChI is InChI=1S/C27H56NO4P/c1-5-6-7-8-9-10-11-12-13-14-15-16-17-18-19-20-21-22-23-24-25-27(26-28(2,3)4)32-33(29,30)31/h12-13,27H,5-11,14-26H2,1-4H3,(H-,29,30,31)/b13-12-. The summed E-state index contributed by atoms with van der Waals surface area (Å²) in [5.74, 6) is 0. The molecule has 0 aliphatic rings. The summed E-state index contributed by atoms with van der Waals surface area (Å²) in [5, 5.41) is 0. The first kappa shape index (κ1) is 32.8. The van der Waals surface area contributed by atoms with Crippen molar-refractivity contribution in [3.8, 4) is 0 Å². The highest BCUT2D eigenvalue weighted by Gasteiger charge is 2.22. The van der Waals surface area contributed by atoms with Crippen LogP contribution < -0.4 is 4.89 Å². The molecule has 0 spiro atoms. The average molecular weight is 490 g/mol. The van der Waals surface area contributed by atoms with Crippen molar-refractivity contribution in [2.45, 2.75) is 135 Å². The van der Waals surface area contributed by atoms with Crippen molar-refractivity contribution in [1.29, 1.82) is 0 Å². The molecule has 0 amide bonds. The van der Waals surface area contributed by atoms with Gasteiger partial charge in [-0.2, -0.15) is 0 Å². The summed E-state index contributed by atoms with van der Waals surface area (Å²) in [7, 11) is 1.32. The van der Waals surface area contributed by atoms with E-state index < -0.39 is 13.9 Å². The Morgan fingerprint density at radius 3 is 1.55 bits per heavy atom. The minimum Gasteiger partial charge on any atom is -0.756 e. The Labute approximate surface area is 206 Å². The zero-order chi connectivity index (χ0) is 24.8. The van der Waals surface area contributed by atoms with Gasteiger partial charge in [-0.25, -0.2) is 0 Å². The van der Waals surface area contributed by atoms with E-state index in [4.69, 9.17) is 9.42 Å². The molecule has 0 saturated heterocycles. The Balaban J connectivity index is 3.48. The normalized spacial score (nSPS) is 15.2. The number of hydrogen-bond donors (Lipinski definition) is 1. The molecule has 0 aliphatic heterocycles. The molecule has 2 atom stereocenters. The molecule has 2 unspecified atom stereocenters. The molecule has 0 saturated carbocycles. The van der Waals surface area contributed by atoms with Crippen LogP contribution in [0.5, 0.6) is 0 Å². The first-order chi connectivity index (χ1) is 15.6. The van der Waals surface area contributed by atoms with E-state index in [1.807, 2.05) is 21.1 Å². The number of allylic oxidation sites excluding steroid dienone is 2. The second-order valence-corrected chi connectivity index (χ2v) is 12.0. The molecule has 1 N–H and O–H groups in total.